The van der Waals surface area contributed by atoms with Crippen molar-refractivity contribution in [3.63, 3.8) is 0 Å². The number of carbonyl (C=O) groups excluding carboxylic acids is 2. The Kier molecular flexibility index (Phi) is 12.6. The molecule has 0 atom stereocenters. The van der Waals surface area contributed by atoms with Crippen LogP contribution in [0.3, 0.4) is 0 Å². The largest absolute Gasteiger partial charge is 0.353 e. The fraction of sp³-hybridized carbons (Fsp3) is 0.517. The first-order valence-corrected chi connectivity index (χ1v) is 12.9. The van der Waals surface area contributed by atoms with Crippen molar-refractivity contribution in [2.75, 3.05) is 39.6 Å². The molecule has 9 heteroatoms. The molecule has 2 rings (SSSR count). The van der Waals surface area contributed by atoms with E-state index in [9.17, 15) is 9.59 Å². The second kappa shape index (κ2) is 15.4. The molecule has 0 aromatic heterocycles. The summed E-state index contributed by atoms with van der Waals surface area (Å²) in [6, 6.07) is 9.16. The smallest absolute Gasteiger partial charge is 0.317 e. The van der Waals surface area contributed by atoms with E-state index in [0.29, 0.717) is 0 Å². The molecule has 1 aromatic rings. The van der Waals surface area contributed by atoms with Gasteiger partial charge in [0, 0.05) is 0 Å². The minimum atomic E-state index is -1.70. The summed E-state index contributed by atoms with van der Waals surface area (Å²) in [5.74, 6) is 6.51. The van der Waals surface area contributed by atoms with Crippen LogP contribution in [0.25, 0.3) is 0 Å². The zero-order valence-electron chi connectivity index (χ0n) is 23.0. The van der Waals surface area contributed by atoms with Crippen molar-refractivity contribution < 1.29 is 38.0 Å². The molecule has 1 aromatic carbocycles. The number of nitrogens with zero attached hydrogens (tertiary/aromatic N) is 1. The van der Waals surface area contributed by atoms with E-state index in [4.69, 9.17) is 28.4 Å². The Morgan fingerprint density at radius 3 is 1.26 bits per heavy atom. The molecule has 1 aliphatic heterocycles. The van der Waals surface area contributed by atoms with Gasteiger partial charge in [-0.2, -0.15) is 0 Å². The molecule has 1 aliphatic rings. The standard InChI is InChI=1S/C29H37NO8/c1-7-33-28(34-8-2,35-9-3)20-18-24-25(19-21-29(36-10-4,37-11-5)38-12-6)27(32)30(26(24)31)22-23-16-14-13-15-17-23/h13-17H,7-12,22H2,1-6H3. The van der Waals surface area contributed by atoms with Crippen molar-refractivity contribution in [3.05, 3.63) is 47.0 Å². The predicted octanol–water partition coefficient (Wildman–Crippen LogP) is 3.39. The molecule has 206 valence electrons. The van der Waals surface area contributed by atoms with Crippen LogP contribution in [-0.4, -0.2) is 68.3 Å². The number of carbonyl (C=O) groups is 2. The van der Waals surface area contributed by atoms with Gasteiger partial charge in [-0.15, -0.1) is 0 Å². The van der Waals surface area contributed by atoms with Crippen LogP contribution in [0.2, 0.25) is 0 Å². The van der Waals surface area contributed by atoms with Gasteiger partial charge in [-0.3, -0.25) is 14.5 Å². The predicted molar refractivity (Wildman–Crippen MR) is 140 cm³/mol. The Morgan fingerprint density at radius 1 is 0.605 bits per heavy atom. The van der Waals surface area contributed by atoms with Gasteiger partial charge in [0.15, 0.2) is 0 Å². The molecule has 9 nitrogen and oxygen atoms in total. The number of hydrogen-bond donors (Lipinski definition) is 0. The minimum Gasteiger partial charge on any atom is -0.317 e. The molecular weight excluding hydrogens is 490 g/mol. The van der Waals surface area contributed by atoms with E-state index in [1.54, 1.807) is 41.5 Å². The summed E-state index contributed by atoms with van der Waals surface area (Å²) in [5, 5.41) is 0. The molecule has 0 fully saturated rings. The second-order valence-corrected chi connectivity index (χ2v) is 7.64. The highest BCUT2D eigenvalue weighted by atomic mass is 16.9. The lowest BCUT2D eigenvalue weighted by molar-refractivity contribution is -0.339. The molecular formula is C29H37NO8. The van der Waals surface area contributed by atoms with Crippen molar-refractivity contribution in [2.45, 2.75) is 60.0 Å². The molecule has 0 saturated carbocycles. The van der Waals surface area contributed by atoms with Crippen LogP contribution in [0.1, 0.15) is 47.1 Å². The molecule has 0 radical (unpaired) electrons. The number of hydrogen-bond acceptors (Lipinski definition) is 8. The molecule has 0 spiro atoms. The minimum absolute atomic E-state index is 0.0515. The van der Waals surface area contributed by atoms with Gasteiger partial charge >= 0.3 is 11.9 Å². The topological polar surface area (TPSA) is 92.8 Å². The molecule has 0 bridgehead atoms. The van der Waals surface area contributed by atoms with Crippen molar-refractivity contribution in [3.8, 4) is 23.7 Å². The summed E-state index contributed by atoms with van der Waals surface area (Å²) in [7, 11) is 0. The number of imide groups is 1. The fourth-order valence-corrected chi connectivity index (χ4v) is 3.60. The molecule has 1 heterocycles. The normalized spacial score (nSPS) is 13.9. The van der Waals surface area contributed by atoms with Crippen molar-refractivity contribution in [1.82, 2.24) is 4.90 Å². The van der Waals surface area contributed by atoms with Gasteiger partial charge in [-0.05, 0) is 58.9 Å². The Morgan fingerprint density at radius 2 is 0.947 bits per heavy atom. The lowest BCUT2D eigenvalue weighted by Gasteiger charge is -2.26. The lowest BCUT2D eigenvalue weighted by atomic mass is 10.1. The van der Waals surface area contributed by atoms with E-state index in [-0.39, 0.29) is 57.3 Å². The van der Waals surface area contributed by atoms with E-state index in [1.807, 2.05) is 30.3 Å². The average Bonchev–Trinajstić information content (AvgIpc) is 3.11. The Hall–Kier alpha value is -3.02. The van der Waals surface area contributed by atoms with Gasteiger partial charge in [-0.1, -0.05) is 42.2 Å². The van der Waals surface area contributed by atoms with Crippen molar-refractivity contribution in [2.24, 2.45) is 0 Å². The quantitative estimate of drug-likeness (QED) is 0.207. The Bertz CT molecular complexity index is 990. The number of benzene rings is 1. The van der Waals surface area contributed by atoms with Gasteiger partial charge in [0.1, 0.15) is 11.1 Å². The third kappa shape index (κ3) is 7.99. The van der Waals surface area contributed by atoms with E-state index in [0.717, 1.165) is 10.5 Å². The van der Waals surface area contributed by atoms with Gasteiger partial charge in [0.2, 0.25) is 0 Å². The first kappa shape index (κ1) is 31.2. The van der Waals surface area contributed by atoms with Gasteiger partial charge in [0.05, 0.1) is 46.2 Å². The zero-order valence-corrected chi connectivity index (χ0v) is 23.0. The van der Waals surface area contributed by atoms with Crippen LogP contribution < -0.4 is 0 Å². The van der Waals surface area contributed by atoms with E-state index in [2.05, 4.69) is 23.7 Å². The Balaban J connectivity index is 2.65. The van der Waals surface area contributed by atoms with Gasteiger partial charge in [-0.25, -0.2) is 0 Å². The van der Waals surface area contributed by atoms with Crippen LogP contribution in [0.15, 0.2) is 41.5 Å². The summed E-state index contributed by atoms with van der Waals surface area (Å²) in [6.45, 7) is 12.1. The maximum Gasteiger partial charge on any atom is 0.353 e. The number of amides is 2. The summed E-state index contributed by atoms with van der Waals surface area (Å²) in [5.41, 5.74) is 0.552. The summed E-state index contributed by atoms with van der Waals surface area (Å²) < 4.78 is 33.9. The maximum atomic E-state index is 13.5. The molecule has 0 aliphatic carbocycles. The van der Waals surface area contributed by atoms with E-state index >= 15 is 0 Å². The van der Waals surface area contributed by atoms with E-state index < -0.39 is 23.8 Å². The molecule has 0 unspecified atom stereocenters. The third-order valence-corrected chi connectivity index (χ3v) is 5.04. The third-order valence-electron chi connectivity index (χ3n) is 5.04. The molecule has 0 saturated heterocycles. The van der Waals surface area contributed by atoms with Crippen molar-refractivity contribution >= 4 is 11.8 Å². The van der Waals surface area contributed by atoms with Crippen LogP contribution in [0.5, 0.6) is 0 Å². The van der Waals surface area contributed by atoms with E-state index in [1.165, 1.54) is 0 Å². The van der Waals surface area contributed by atoms with Crippen LogP contribution in [0, 0.1) is 23.7 Å². The van der Waals surface area contributed by atoms with Crippen LogP contribution >= 0.6 is 0 Å². The highest BCUT2D eigenvalue weighted by molar-refractivity contribution is 6.23. The van der Waals surface area contributed by atoms with Gasteiger partial charge < -0.3 is 28.4 Å². The second-order valence-electron chi connectivity index (χ2n) is 7.64. The molecule has 2 amide bonds. The fourth-order valence-electron chi connectivity index (χ4n) is 3.60. The first-order chi connectivity index (χ1) is 18.3. The number of ether oxygens (including phenoxy) is 6. The van der Waals surface area contributed by atoms with Gasteiger partial charge in [0.25, 0.3) is 11.8 Å². The molecule has 0 N–H and O–H groups in total. The maximum absolute atomic E-state index is 13.5. The highest BCUT2D eigenvalue weighted by Gasteiger charge is 2.39. The number of rotatable bonds is 14. The SMILES string of the molecule is CCOC(C#CC1=C(C#CC(OCC)(OCC)OCC)C(=O)N(Cc2ccccc2)C1=O)(OCC)OCC. The summed E-state index contributed by atoms with van der Waals surface area (Å²) >= 11 is 0. The average molecular weight is 528 g/mol. The summed E-state index contributed by atoms with van der Waals surface area (Å²) in [6.07, 6.45) is 0. The summed E-state index contributed by atoms with van der Waals surface area (Å²) in [4.78, 5) is 28.1. The monoisotopic (exact) mass is 527 g/mol. The zero-order chi connectivity index (χ0) is 28.0. The Labute approximate surface area is 225 Å². The molecule has 38 heavy (non-hydrogen) atoms. The van der Waals surface area contributed by atoms with Crippen molar-refractivity contribution in [1.29, 1.82) is 0 Å². The highest BCUT2D eigenvalue weighted by Crippen LogP contribution is 2.24. The van der Waals surface area contributed by atoms with Crippen LogP contribution in [-0.2, 0) is 44.6 Å². The lowest BCUT2D eigenvalue weighted by Crippen LogP contribution is -2.38. The first-order valence-electron chi connectivity index (χ1n) is 12.9. The van der Waals surface area contributed by atoms with Crippen LogP contribution in [0.4, 0.5) is 0 Å².